The molecule has 1 atom stereocenters. The summed E-state index contributed by atoms with van der Waals surface area (Å²) in [4.78, 5) is 10.6. The number of nitrogens with zero attached hydrogens (tertiary/aromatic N) is 3. The largest absolute Gasteiger partial charge is 0.371 e. The summed E-state index contributed by atoms with van der Waals surface area (Å²) in [7, 11) is 1.65. The van der Waals surface area contributed by atoms with Gasteiger partial charge in [0.25, 0.3) is 0 Å². The molecule has 5 nitrogen and oxygen atoms in total. The van der Waals surface area contributed by atoms with Crippen LogP contribution >= 0.6 is 0 Å². The molecule has 1 fully saturated rings. The summed E-state index contributed by atoms with van der Waals surface area (Å²) >= 11 is 0. The van der Waals surface area contributed by atoms with Gasteiger partial charge in [0.15, 0.2) is 11.6 Å². The Balaban J connectivity index is 1.88. The van der Waals surface area contributed by atoms with E-state index in [9.17, 15) is 4.39 Å². The molecule has 2 rings (SSSR count). The Hall–Kier alpha value is -1.43. The number of hydrogen-bond acceptors (Lipinski definition) is 5. The Kier molecular flexibility index (Phi) is 5.11. The van der Waals surface area contributed by atoms with Gasteiger partial charge in [0, 0.05) is 26.2 Å². The Morgan fingerprint density at radius 3 is 3.00 bits per heavy atom. The number of hydrogen-bond donors (Lipinski definition) is 2. The molecule has 2 N–H and O–H groups in total. The van der Waals surface area contributed by atoms with E-state index in [0.717, 1.165) is 13.1 Å². The highest BCUT2D eigenvalue weighted by atomic mass is 19.1. The van der Waals surface area contributed by atoms with Gasteiger partial charge in [-0.25, -0.2) is 9.37 Å². The van der Waals surface area contributed by atoms with Gasteiger partial charge in [0.2, 0.25) is 5.95 Å². The van der Waals surface area contributed by atoms with Crippen LogP contribution in [0.4, 0.5) is 16.2 Å². The lowest BCUT2D eigenvalue weighted by molar-refractivity contribution is 0.145. The average Bonchev–Trinajstić information content (AvgIpc) is 2.46. The van der Waals surface area contributed by atoms with E-state index >= 15 is 0 Å². The third-order valence-corrected chi connectivity index (χ3v) is 3.81. The standard InChI is InChI=1S/C14H24FN5/c1-10(2)20-6-4-5-11(9-20)7-17-14-18-8-12(15)13(16-3)19-14/h8,10-11H,4-7,9H2,1-3H3,(H2,16,17,18,19). The quantitative estimate of drug-likeness (QED) is 0.866. The van der Waals surface area contributed by atoms with Gasteiger partial charge in [-0.2, -0.15) is 4.98 Å². The van der Waals surface area contributed by atoms with Gasteiger partial charge < -0.3 is 15.5 Å². The van der Waals surface area contributed by atoms with Crippen LogP contribution in [0.5, 0.6) is 0 Å². The Morgan fingerprint density at radius 2 is 2.30 bits per heavy atom. The molecule has 0 bridgehead atoms. The van der Waals surface area contributed by atoms with Crippen LogP contribution in [0.1, 0.15) is 26.7 Å². The van der Waals surface area contributed by atoms with Gasteiger partial charge in [-0.15, -0.1) is 0 Å². The molecular weight excluding hydrogens is 257 g/mol. The first-order valence-electron chi connectivity index (χ1n) is 7.28. The van der Waals surface area contributed by atoms with Crippen molar-refractivity contribution in [1.29, 1.82) is 0 Å². The second-order valence-electron chi connectivity index (χ2n) is 5.62. The molecular formula is C14H24FN5. The zero-order valence-electron chi connectivity index (χ0n) is 12.5. The third-order valence-electron chi connectivity index (χ3n) is 3.81. The van der Waals surface area contributed by atoms with Crippen LogP contribution < -0.4 is 10.6 Å². The van der Waals surface area contributed by atoms with Crippen LogP contribution in [-0.2, 0) is 0 Å². The van der Waals surface area contributed by atoms with Crippen molar-refractivity contribution in [3.05, 3.63) is 12.0 Å². The highest BCUT2D eigenvalue weighted by Crippen LogP contribution is 2.19. The normalized spacial score (nSPS) is 20.1. The fourth-order valence-electron chi connectivity index (χ4n) is 2.60. The maximum absolute atomic E-state index is 13.3. The molecule has 1 aromatic heterocycles. The van der Waals surface area contributed by atoms with E-state index in [1.54, 1.807) is 7.05 Å². The highest BCUT2D eigenvalue weighted by molar-refractivity contribution is 5.40. The smallest absolute Gasteiger partial charge is 0.224 e. The summed E-state index contributed by atoms with van der Waals surface area (Å²) in [6.45, 7) is 7.59. The van der Waals surface area contributed by atoms with Crippen molar-refractivity contribution in [2.75, 3.05) is 37.3 Å². The second-order valence-corrected chi connectivity index (χ2v) is 5.62. The topological polar surface area (TPSA) is 53.1 Å². The average molecular weight is 281 g/mol. The first-order chi connectivity index (χ1) is 9.60. The fraction of sp³-hybridized carbons (Fsp3) is 0.714. The van der Waals surface area contributed by atoms with E-state index < -0.39 is 5.82 Å². The minimum Gasteiger partial charge on any atom is -0.371 e. The molecule has 0 amide bonds. The van der Waals surface area contributed by atoms with Crippen molar-refractivity contribution < 1.29 is 4.39 Å². The minimum absolute atomic E-state index is 0.231. The summed E-state index contributed by atoms with van der Waals surface area (Å²) < 4.78 is 13.3. The first kappa shape index (κ1) is 15.0. The van der Waals surface area contributed by atoms with E-state index in [1.807, 2.05) is 0 Å². The summed E-state index contributed by atoms with van der Waals surface area (Å²) in [5, 5.41) is 5.94. The van der Waals surface area contributed by atoms with Crippen molar-refractivity contribution in [1.82, 2.24) is 14.9 Å². The molecule has 1 saturated heterocycles. The van der Waals surface area contributed by atoms with Crippen molar-refractivity contribution in [2.45, 2.75) is 32.7 Å². The van der Waals surface area contributed by atoms with Crippen molar-refractivity contribution >= 4 is 11.8 Å². The molecule has 2 heterocycles. The number of likely N-dealkylation sites (tertiary alicyclic amines) is 1. The molecule has 0 radical (unpaired) electrons. The summed E-state index contributed by atoms with van der Waals surface area (Å²) in [5.74, 6) is 0.881. The lowest BCUT2D eigenvalue weighted by Crippen LogP contribution is -2.41. The van der Waals surface area contributed by atoms with Crippen molar-refractivity contribution in [3.8, 4) is 0 Å². The summed E-state index contributed by atoms with van der Waals surface area (Å²) in [5.41, 5.74) is 0. The van der Waals surface area contributed by atoms with Crippen LogP contribution in [0.25, 0.3) is 0 Å². The Morgan fingerprint density at radius 1 is 1.50 bits per heavy atom. The van der Waals surface area contributed by atoms with Gasteiger partial charge in [-0.05, 0) is 39.2 Å². The number of rotatable bonds is 5. The van der Waals surface area contributed by atoms with E-state index in [4.69, 9.17) is 0 Å². The van der Waals surface area contributed by atoms with Crippen molar-refractivity contribution in [3.63, 3.8) is 0 Å². The highest BCUT2D eigenvalue weighted by Gasteiger charge is 2.21. The van der Waals surface area contributed by atoms with Gasteiger partial charge in [-0.1, -0.05) is 0 Å². The van der Waals surface area contributed by atoms with E-state index in [-0.39, 0.29) is 5.82 Å². The summed E-state index contributed by atoms with van der Waals surface area (Å²) in [6, 6.07) is 0.593. The Bertz CT molecular complexity index is 438. The van der Waals surface area contributed by atoms with Crippen LogP contribution in [0, 0.1) is 11.7 Å². The van der Waals surface area contributed by atoms with E-state index in [1.165, 1.54) is 25.6 Å². The van der Waals surface area contributed by atoms with Crippen LogP contribution in [0.3, 0.4) is 0 Å². The molecule has 1 aliphatic rings. The number of halogens is 1. The predicted octanol–water partition coefficient (Wildman–Crippen LogP) is 2.19. The van der Waals surface area contributed by atoms with Crippen LogP contribution in [-0.4, -0.2) is 47.6 Å². The van der Waals surface area contributed by atoms with Crippen LogP contribution in [0.2, 0.25) is 0 Å². The lowest BCUT2D eigenvalue weighted by Gasteiger charge is -2.35. The molecule has 1 aliphatic heterocycles. The minimum atomic E-state index is -0.429. The first-order valence-corrected chi connectivity index (χ1v) is 7.28. The zero-order chi connectivity index (χ0) is 14.5. The van der Waals surface area contributed by atoms with Gasteiger partial charge in [-0.3, -0.25) is 0 Å². The Labute approximate surface area is 120 Å². The van der Waals surface area contributed by atoms with Gasteiger partial charge in [0.05, 0.1) is 6.20 Å². The zero-order valence-corrected chi connectivity index (χ0v) is 12.5. The lowest BCUT2D eigenvalue weighted by atomic mass is 9.97. The second kappa shape index (κ2) is 6.83. The number of anilines is 2. The summed E-state index contributed by atoms with van der Waals surface area (Å²) in [6.07, 6.45) is 3.65. The molecule has 0 aliphatic carbocycles. The van der Waals surface area contributed by atoms with E-state index in [0.29, 0.717) is 17.9 Å². The SMILES string of the molecule is CNc1nc(NCC2CCCN(C(C)C)C2)ncc1F. The van der Waals surface area contributed by atoms with Gasteiger partial charge in [0.1, 0.15) is 0 Å². The van der Waals surface area contributed by atoms with Crippen LogP contribution in [0.15, 0.2) is 6.20 Å². The maximum atomic E-state index is 13.3. The molecule has 0 saturated carbocycles. The molecule has 0 aromatic carbocycles. The number of nitrogens with one attached hydrogen (secondary N) is 2. The molecule has 6 heteroatoms. The molecule has 1 aromatic rings. The fourth-order valence-corrected chi connectivity index (χ4v) is 2.60. The predicted molar refractivity (Wildman–Crippen MR) is 79.5 cm³/mol. The molecule has 20 heavy (non-hydrogen) atoms. The van der Waals surface area contributed by atoms with Crippen molar-refractivity contribution in [2.24, 2.45) is 5.92 Å². The monoisotopic (exact) mass is 281 g/mol. The number of aromatic nitrogens is 2. The number of piperidine rings is 1. The molecule has 1 unspecified atom stereocenters. The van der Waals surface area contributed by atoms with E-state index in [2.05, 4.69) is 39.3 Å². The third kappa shape index (κ3) is 3.79. The molecule has 0 spiro atoms. The van der Waals surface area contributed by atoms with Gasteiger partial charge >= 0.3 is 0 Å². The maximum Gasteiger partial charge on any atom is 0.224 e. The molecule has 112 valence electrons.